The highest BCUT2D eigenvalue weighted by atomic mass is 16.6. The van der Waals surface area contributed by atoms with Gasteiger partial charge < -0.3 is 20.1 Å². The SMILES string of the molecule is C=CCn1c(=O)c2cnc(Nc3ccc(N4CCN(CCCCCCCCCC(=O)OC(C)(C)C)CC4)cc3)nc2n1-c1cccc(C(C)(C)O)n1. The van der Waals surface area contributed by atoms with Crippen LogP contribution in [0.1, 0.15) is 91.7 Å². The number of nitrogens with one attached hydrogen (secondary N) is 1. The average Bonchev–Trinajstić information content (AvgIpc) is 3.37. The number of hydrogen-bond acceptors (Lipinski definition) is 10. The molecule has 1 saturated heterocycles. The first-order valence-electron chi connectivity index (χ1n) is 18.7. The fraction of sp³-hybridized carbons (Fsp3) is 0.525. The summed E-state index contributed by atoms with van der Waals surface area (Å²) in [5, 5.41) is 14.2. The van der Waals surface area contributed by atoms with Gasteiger partial charge in [0.2, 0.25) is 5.95 Å². The number of anilines is 3. The van der Waals surface area contributed by atoms with Gasteiger partial charge in [0.05, 0.1) is 12.2 Å². The number of carbonyl (C=O) groups is 1. The summed E-state index contributed by atoms with van der Waals surface area (Å²) in [5.41, 5.74) is 1.11. The molecule has 280 valence electrons. The quantitative estimate of drug-likeness (QED) is 0.0692. The monoisotopic (exact) mass is 712 g/mol. The lowest BCUT2D eigenvalue weighted by Gasteiger charge is -2.36. The number of piperazine rings is 1. The lowest BCUT2D eigenvalue weighted by atomic mass is 10.1. The number of nitrogens with zero attached hydrogens (tertiary/aromatic N) is 7. The zero-order chi connectivity index (χ0) is 37.3. The lowest BCUT2D eigenvalue weighted by Crippen LogP contribution is -2.46. The number of carbonyl (C=O) groups excluding carboxylic acids is 1. The molecule has 12 nitrogen and oxygen atoms in total. The van der Waals surface area contributed by atoms with E-state index in [1.807, 2.05) is 32.9 Å². The van der Waals surface area contributed by atoms with Crippen LogP contribution >= 0.6 is 0 Å². The van der Waals surface area contributed by atoms with Crippen LogP contribution in [0.25, 0.3) is 16.9 Å². The summed E-state index contributed by atoms with van der Waals surface area (Å²) in [4.78, 5) is 44.0. The molecular weight excluding hydrogens is 656 g/mol. The highest BCUT2D eigenvalue weighted by Crippen LogP contribution is 2.24. The smallest absolute Gasteiger partial charge is 0.306 e. The Morgan fingerprint density at radius 3 is 2.25 bits per heavy atom. The summed E-state index contributed by atoms with van der Waals surface area (Å²) in [6, 6.07) is 13.6. The maximum atomic E-state index is 13.3. The second-order valence-corrected chi connectivity index (χ2v) is 15.2. The summed E-state index contributed by atoms with van der Waals surface area (Å²) in [5.74, 6) is 0.733. The molecule has 0 unspecified atom stereocenters. The number of allylic oxidation sites excluding steroid dienone is 1. The molecule has 0 aliphatic carbocycles. The Kier molecular flexibility index (Phi) is 12.9. The first-order chi connectivity index (χ1) is 24.8. The number of ether oxygens (including phenoxy) is 1. The van der Waals surface area contributed by atoms with Gasteiger partial charge in [-0.1, -0.05) is 44.2 Å². The average molecular weight is 713 g/mol. The Bertz CT molecular complexity index is 1840. The Labute approximate surface area is 307 Å². The van der Waals surface area contributed by atoms with Crippen LogP contribution in [0.5, 0.6) is 0 Å². The highest BCUT2D eigenvalue weighted by Gasteiger charge is 2.22. The Balaban J connectivity index is 1.09. The van der Waals surface area contributed by atoms with Crippen molar-refractivity contribution in [3.63, 3.8) is 0 Å². The molecule has 1 aliphatic heterocycles. The van der Waals surface area contributed by atoms with Crippen LogP contribution < -0.4 is 15.8 Å². The first kappa shape index (κ1) is 38.7. The predicted molar refractivity (Wildman–Crippen MR) is 208 cm³/mol. The summed E-state index contributed by atoms with van der Waals surface area (Å²) >= 11 is 0. The van der Waals surface area contributed by atoms with E-state index in [0.717, 1.165) is 51.3 Å². The van der Waals surface area contributed by atoms with Gasteiger partial charge in [0.15, 0.2) is 11.5 Å². The zero-order valence-corrected chi connectivity index (χ0v) is 31.6. The Morgan fingerprint density at radius 1 is 0.923 bits per heavy atom. The molecule has 12 heteroatoms. The molecule has 5 rings (SSSR count). The summed E-state index contributed by atoms with van der Waals surface area (Å²) < 4.78 is 8.56. The van der Waals surface area contributed by atoms with Gasteiger partial charge in [0.1, 0.15) is 16.6 Å². The molecule has 0 radical (unpaired) electrons. The molecule has 1 aliphatic rings. The van der Waals surface area contributed by atoms with Crippen molar-refractivity contribution in [1.29, 1.82) is 0 Å². The van der Waals surface area contributed by atoms with Crippen molar-refractivity contribution < 1.29 is 14.6 Å². The molecule has 1 fully saturated rings. The number of hydrogen-bond donors (Lipinski definition) is 2. The molecule has 0 atom stereocenters. The third-order valence-corrected chi connectivity index (χ3v) is 9.19. The molecule has 0 bridgehead atoms. The van der Waals surface area contributed by atoms with Gasteiger partial charge in [0.25, 0.3) is 5.56 Å². The molecule has 2 N–H and O–H groups in total. The standard InChI is InChI=1S/C40H56N8O4/c1-7-23-47-37(50)32-29-41-38(44-36(32)48(47)34-17-15-16-33(43-34)40(5,6)51)42-30-19-21-31(22-20-30)46-27-25-45(26-28-46)24-14-12-10-8-9-11-13-18-35(49)52-39(2,3)4/h7,15-17,19-22,29,51H,1,8-14,18,23-28H2,2-6H3,(H,41,42,44). The number of unbranched alkanes of at least 4 members (excludes halogenated alkanes) is 6. The number of esters is 1. The third-order valence-electron chi connectivity index (χ3n) is 9.19. The summed E-state index contributed by atoms with van der Waals surface area (Å²) in [6.45, 7) is 18.4. The fourth-order valence-corrected chi connectivity index (χ4v) is 6.49. The maximum absolute atomic E-state index is 13.3. The van der Waals surface area contributed by atoms with Crippen LogP contribution in [-0.2, 0) is 21.7 Å². The van der Waals surface area contributed by atoms with Gasteiger partial charge in [-0.05, 0) is 90.4 Å². The van der Waals surface area contributed by atoms with Crippen molar-refractivity contribution in [3.05, 3.63) is 77.4 Å². The summed E-state index contributed by atoms with van der Waals surface area (Å²) in [7, 11) is 0. The number of aromatic nitrogens is 5. The van der Waals surface area contributed by atoms with Gasteiger partial charge in [-0.25, -0.2) is 19.3 Å². The minimum Gasteiger partial charge on any atom is -0.460 e. The molecule has 0 saturated carbocycles. The van der Waals surface area contributed by atoms with Crippen LogP contribution in [0.4, 0.5) is 17.3 Å². The molecule has 4 heterocycles. The van der Waals surface area contributed by atoms with Crippen molar-refractivity contribution in [2.75, 3.05) is 42.9 Å². The molecule has 52 heavy (non-hydrogen) atoms. The van der Waals surface area contributed by atoms with Crippen LogP contribution in [0.2, 0.25) is 0 Å². The van der Waals surface area contributed by atoms with E-state index >= 15 is 0 Å². The Morgan fingerprint density at radius 2 is 1.60 bits per heavy atom. The summed E-state index contributed by atoms with van der Waals surface area (Å²) in [6.07, 6.45) is 11.9. The second kappa shape index (κ2) is 17.3. The van der Waals surface area contributed by atoms with Crippen LogP contribution in [0.3, 0.4) is 0 Å². The van der Waals surface area contributed by atoms with E-state index in [2.05, 4.69) is 43.8 Å². The number of pyridine rings is 1. The Hall–Kier alpha value is -4.55. The van der Waals surface area contributed by atoms with E-state index in [4.69, 9.17) is 9.72 Å². The van der Waals surface area contributed by atoms with Crippen molar-refractivity contribution in [2.24, 2.45) is 0 Å². The third kappa shape index (κ3) is 10.5. The van der Waals surface area contributed by atoms with Crippen molar-refractivity contribution in [3.8, 4) is 5.82 Å². The zero-order valence-electron chi connectivity index (χ0n) is 31.6. The molecular formula is C40H56N8O4. The number of fused-ring (bicyclic) bond motifs is 1. The van der Waals surface area contributed by atoms with Crippen LogP contribution in [-0.4, -0.2) is 78.6 Å². The highest BCUT2D eigenvalue weighted by molar-refractivity contribution is 5.77. The predicted octanol–water partition coefficient (Wildman–Crippen LogP) is 6.72. The minimum absolute atomic E-state index is 0.0849. The molecule has 4 aromatic rings. The van der Waals surface area contributed by atoms with Gasteiger partial charge in [0, 0.05) is 50.2 Å². The largest absolute Gasteiger partial charge is 0.460 e. The molecule has 0 amide bonds. The van der Waals surface area contributed by atoms with Gasteiger partial charge in [-0.3, -0.25) is 14.5 Å². The van der Waals surface area contributed by atoms with E-state index in [0.29, 0.717) is 34.9 Å². The van der Waals surface area contributed by atoms with Crippen LogP contribution in [0, 0.1) is 0 Å². The topological polar surface area (TPSA) is 131 Å². The van der Waals surface area contributed by atoms with Gasteiger partial charge in [-0.2, -0.15) is 4.98 Å². The van der Waals surface area contributed by atoms with E-state index in [1.54, 1.807) is 42.8 Å². The molecule has 0 spiro atoms. The van der Waals surface area contributed by atoms with E-state index in [1.165, 1.54) is 48.7 Å². The fourth-order valence-electron chi connectivity index (χ4n) is 6.49. The molecule has 3 aromatic heterocycles. The van der Waals surface area contributed by atoms with Crippen LogP contribution in [0.15, 0.2) is 66.1 Å². The van der Waals surface area contributed by atoms with E-state index in [9.17, 15) is 14.7 Å². The minimum atomic E-state index is -1.15. The van der Waals surface area contributed by atoms with Gasteiger partial charge in [-0.15, -0.1) is 6.58 Å². The van der Waals surface area contributed by atoms with Crippen molar-refractivity contribution in [1.82, 2.24) is 29.2 Å². The molecule has 1 aromatic carbocycles. The number of benzene rings is 1. The van der Waals surface area contributed by atoms with Gasteiger partial charge >= 0.3 is 5.97 Å². The van der Waals surface area contributed by atoms with Crippen molar-refractivity contribution in [2.45, 2.75) is 104 Å². The van der Waals surface area contributed by atoms with E-state index in [-0.39, 0.29) is 18.1 Å². The van der Waals surface area contributed by atoms with E-state index < -0.39 is 11.2 Å². The second-order valence-electron chi connectivity index (χ2n) is 15.2. The normalized spacial score (nSPS) is 14.2. The maximum Gasteiger partial charge on any atom is 0.306 e. The van der Waals surface area contributed by atoms with Crippen molar-refractivity contribution >= 4 is 34.3 Å². The lowest BCUT2D eigenvalue weighted by molar-refractivity contribution is -0.154. The number of aliphatic hydroxyl groups is 1. The first-order valence-corrected chi connectivity index (χ1v) is 18.7. The number of rotatable bonds is 17.